The summed E-state index contributed by atoms with van der Waals surface area (Å²) in [7, 11) is 1.71. The number of aromatic nitrogens is 2. The predicted octanol–water partition coefficient (Wildman–Crippen LogP) is 2.66. The van der Waals surface area contributed by atoms with E-state index in [4.69, 9.17) is 9.47 Å². The molecule has 0 aliphatic heterocycles. The van der Waals surface area contributed by atoms with Crippen molar-refractivity contribution < 1.29 is 17.9 Å². The third-order valence-corrected chi connectivity index (χ3v) is 5.05. The fourth-order valence-corrected chi connectivity index (χ4v) is 3.46. The van der Waals surface area contributed by atoms with Crippen LogP contribution in [0.1, 0.15) is 0 Å². The maximum atomic E-state index is 11.9. The highest BCUT2D eigenvalue weighted by Gasteiger charge is 2.18. The maximum Gasteiger partial charge on any atom is 0.238 e. The van der Waals surface area contributed by atoms with E-state index in [9.17, 15) is 8.42 Å². The average Bonchev–Trinajstić information content (AvgIpc) is 2.90. The first kappa shape index (κ1) is 16.3. The summed E-state index contributed by atoms with van der Waals surface area (Å²) in [6.45, 7) is 0. The Morgan fingerprint density at radius 3 is 2.46 bits per heavy atom. The number of methoxy groups -OCH3 is 2. The number of hydrogen-bond acceptors (Lipinski definition) is 5. The van der Waals surface area contributed by atoms with Crippen molar-refractivity contribution in [1.29, 1.82) is 0 Å². The van der Waals surface area contributed by atoms with Crippen LogP contribution in [-0.4, -0.2) is 38.4 Å². The van der Waals surface area contributed by atoms with Crippen molar-refractivity contribution in [1.82, 2.24) is 9.55 Å². The Bertz CT molecular complexity index is 1020. The number of aryl methyl sites for hydroxylation is 1. The van der Waals surface area contributed by atoms with Gasteiger partial charge < -0.3 is 14.0 Å². The SMILES string of the molecule is COc1ccc(S(C)(=O)=O)cc1-c1cn(C)c2c(OC)nccc12. The molecule has 0 aliphatic rings. The zero-order chi connectivity index (χ0) is 17.5. The summed E-state index contributed by atoms with van der Waals surface area (Å²) in [6.07, 6.45) is 4.77. The number of benzene rings is 1. The molecule has 0 radical (unpaired) electrons. The second-order valence-corrected chi connectivity index (χ2v) is 7.52. The van der Waals surface area contributed by atoms with Gasteiger partial charge >= 0.3 is 0 Å². The van der Waals surface area contributed by atoms with Gasteiger partial charge in [-0.15, -0.1) is 0 Å². The summed E-state index contributed by atoms with van der Waals surface area (Å²) in [5, 5.41) is 0.910. The lowest BCUT2D eigenvalue weighted by Gasteiger charge is -2.10. The Balaban J connectivity index is 2.35. The van der Waals surface area contributed by atoms with E-state index in [1.54, 1.807) is 38.6 Å². The van der Waals surface area contributed by atoms with E-state index in [-0.39, 0.29) is 4.90 Å². The van der Waals surface area contributed by atoms with Gasteiger partial charge in [0.05, 0.1) is 19.1 Å². The Morgan fingerprint density at radius 1 is 1.08 bits per heavy atom. The largest absolute Gasteiger partial charge is 0.496 e. The second kappa shape index (κ2) is 5.83. The van der Waals surface area contributed by atoms with Crippen molar-refractivity contribution >= 4 is 20.7 Å². The molecule has 1 aromatic carbocycles. The quantitative estimate of drug-likeness (QED) is 0.726. The Morgan fingerprint density at radius 2 is 1.83 bits per heavy atom. The zero-order valence-electron chi connectivity index (χ0n) is 13.9. The van der Waals surface area contributed by atoms with E-state index in [0.29, 0.717) is 17.2 Å². The fourth-order valence-electron chi connectivity index (χ4n) is 2.81. The number of rotatable bonds is 4. The van der Waals surface area contributed by atoms with E-state index >= 15 is 0 Å². The monoisotopic (exact) mass is 346 g/mol. The first-order valence-corrected chi connectivity index (χ1v) is 9.12. The zero-order valence-corrected chi connectivity index (χ0v) is 14.7. The van der Waals surface area contributed by atoms with Gasteiger partial charge in [0.25, 0.3) is 0 Å². The van der Waals surface area contributed by atoms with Gasteiger partial charge in [0.15, 0.2) is 9.84 Å². The normalized spacial score (nSPS) is 11.7. The van der Waals surface area contributed by atoms with Gasteiger partial charge in [-0.2, -0.15) is 0 Å². The molecule has 6 nitrogen and oxygen atoms in total. The van der Waals surface area contributed by atoms with Crippen LogP contribution in [0.25, 0.3) is 22.0 Å². The van der Waals surface area contributed by atoms with Crippen LogP contribution in [0.3, 0.4) is 0 Å². The number of hydrogen-bond donors (Lipinski definition) is 0. The molecule has 24 heavy (non-hydrogen) atoms. The average molecular weight is 346 g/mol. The smallest absolute Gasteiger partial charge is 0.238 e. The molecule has 0 aliphatic carbocycles. The summed E-state index contributed by atoms with van der Waals surface area (Å²) in [5.41, 5.74) is 2.40. The topological polar surface area (TPSA) is 70.4 Å². The van der Waals surface area contributed by atoms with Gasteiger partial charge in [0.1, 0.15) is 11.3 Å². The minimum atomic E-state index is -3.32. The van der Waals surface area contributed by atoms with Crippen LogP contribution >= 0.6 is 0 Å². The summed E-state index contributed by atoms with van der Waals surface area (Å²) >= 11 is 0. The van der Waals surface area contributed by atoms with Crippen molar-refractivity contribution in [3.8, 4) is 22.8 Å². The van der Waals surface area contributed by atoms with Crippen LogP contribution < -0.4 is 9.47 Å². The van der Waals surface area contributed by atoms with E-state index in [2.05, 4.69) is 4.98 Å². The molecule has 3 aromatic rings. The molecular weight excluding hydrogens is 328 g/mol. The fraction of sp³-hybridized carbons (Fsp3) is 0.235. The maximum absolute atomic E-state index is 11.9. The Kier molecular flexibility index (Phi) is 3.96. The molecule has 2 heterocycles. The van der Waals surface area contributed by atoms with Gasteiger partial charge in [-0.25, -0.2) is 13.4 Å². The third-order valence-electron chi connectivity index (χ3n) is 3.94. The lowest BCUT2D eigenvalue weighted by Crippen LogP contribution is -1.98. The minimum absolute atomic E-state index is 0.247. The van der Waals surface area contributed by atoms with Crippen LogP contribution in [-0.2, 0) is 16.9 Å². The van der Waals surface area contributed by atoms with Crippen LogP contribution in [0, 0.1) is 0 Å². The molecular formula is C17H18N2O4S. The van der Waals surface area contributed by atoms with Crippen LogP contribution in [0.5, 0.6) is 11.6 Å². The molecule has 0 saturated heterocycles. The first-order chi connectivity index (χ1) is 11.4. The summed E-state index contributed by atoms with van der Waals surface area (Å²) in [6, 6.07) is 6.73. The van der Waals surface area contributed by atoms with Gasteiger partial charge in [-0.05, 0) is 24.3 Å². The van der Waals surface area contributed by atoms with Crippen molar-refractivity contribution in [3.63, 3.8) is 0 Å². The summed E-state index contributed by atoms with van der Waals surface area (Å²) in [5.74, 6) is 1.12. The van der Waals surface area contributed by atoms with Gasteiger partial charge in [0.2, 0.25) is 5.88 Å². The van der Waals surface area contributed by atoms with Crippen molar-refractivity contribution in [2.75, 3.05) is 20.5 Å². The van der Waals surface area contributed by atoms with Gasteiger partial charge in [0, 0.05) is 42.2 Å². The second-order valence-electron chi connectivity index (χ2n) is 5.50. The molecule has 0 spiro atoms. The van der Waals surface area contributed by atoms with E-state index in [0.717, 1.165) is 16.5 Å². The van der Waals surface area contributed by atoms with E-state index in [1.807, 2.05) is 23.9 Å². The minimum Gasteiger partial charge on any atom is -0.496 e. The molecule has 0 amide bonds. The highest BCUT2D eigenvalue weighted by atomic mass is 32.2. The van der Waals surface area contributed by atoms with Crippen molar-refractivity contribution in [2.45, 2.75) is 4.90 Å². The summed E-state index contributed by atoms with van der Waals surface area (Å²) in [4.78, 5) is 4.47. The molecule has 2 aromatic heterocycles. The third kappa shape index (κ3) is 2.60. The number of ether oxygens (including phenoxy) is 2. The standard InChI is InChI=1S/C17H18N2O4S/c1-19-10-14(12-7-8-18-17(23-3)16(12)19)13-9-11(24(4,20)21)5-6-15(13)22-2/h5-10H,1-4H3. The highest BCUT2D eigenvalue weighted by Crippen LogP contribution is 2.39. The van der Waals surface area contributed by atoms with Crippen LogP contribution in [0.15, 0.2) is 41.6 Å². The molecule has 0 atom stereocenters. The molecule has 0 fully saturated rings. The van der Waals surface area contributed by atoms with Crippen LogP contribution in [0.4, 0.5) is 0 Å². The van der Waals surface area contributed by atoms with Crippen molar-refractivity contribution in [2.24, 2.45) is 7.05 Å². The molecule has 3 rings (SSSR count). The predicted molar refractivity (Wildman–Crippen MR) is 92.4 cm³/mol. The molecule has 0 bridgehead atoms. The lowest BCUT2D eigenvalue weighted by molar-refractivity contribution is 0.401. The first-order valence-electron chi connectivity index (χ1n) is 7.23. The van der Waals surface area contributed by atoms with Gasteiger partial charge in [-0.1, -0.05) is 0 Å². The summed E-state index contributed by atoms with van der Waals surface area (Å²) < 4.78 is 36.5. The number of fused-ring (bicyclic) bond motifs is 1. The molecule has 126 valence electrons. The molecule has 0 N–H and O–H groups in total. The molecule has 0 unspecified atom stereocenters. The molecule has 7 heteroatoms. The number of pyridine rings is 1. The van der Waals surface area contributed by atoms with Crippen molar-refractivity contribution in [3.05, 3.63) is 36.7 Å². The molecule has 0 saturated carbocycles. The lowest BCUT2D eigenvalue weighted by atomic mass is 10.0. The number of sulfone groups is 1. The van der Waals surface area contributed by atoms with Crippen LogP contribution in [0.2, 0.25) is 0 Å². The highest BCUT2D eigenvalue weighted by molar-refractivity contribution is 7.90. The Hall–Kier alpha value is -2.54. The van der Waals surface area contributed by atoms with E-state index < -0.39 is 9.84 Å². The Labute approximate surface area is 140 Å². The van der Waals surface area contributed by atoms with Gasteiger partial charge in [-0.3, -0.25) is 0 Å². The van der Waals surface area contributed by atoms with E-state index in [1.165, 1.54) is 6.26 Å². The number of nitrogens with zero attached hydrogens (tertiary/aromatic N) is 2.